The van der Waals surface area contributed by atoms with Gasteiger partial charge in [0.15, 0.2) is 0 Å². The molecule has 2 fully saturated rings. The van der Waals surface area contributed by atoms with Crippen molar-refractivity contribution in [3.8, 4) is 5.75 Å². The normalized spacial score (nSPS) is 23.9. The second kappa shape index (κ2) is 7.82. The maximum atomic E-state index is 12.4. The fourth-order valence-electron chi connectivity index (χ4n) is 3.52. The molecule has 2 aliphatic rings. The molecule has 1 aliphatic carbocycles. The molecule has 2 N–H and O–H groups in total. The topological polar surface area (TPSA) is 91.8 Å². The van der Waals surface area contributed by atoms with Gasteiger partial charge in [0.25, 0.3) is 0 Å². The number of hydrogen-bond acceptors (Lipinski definition) is 5. The highest BCUT2D eigenvalue weighted by Crippen LogP contribution is 2.38. The van der Waals surface area contributed by atoms with Gasteiger partial charge in [-0.25, -0.2) is 0 Å². The van der Waals surface area contributed by atoms with Crippen LogP contribution in [0, 0.1) is 5.92 Å². The molecule has 0 bridgehead atoms. The SMILES string of the molecule is COc1cncc([C@@H](NC(=O)CCN2CCCC2=O)C2CC(O)C2)c1. The molecule has 2 amide bonds. The summed E-state index contributed by atoms with van der Waals surface area (Å²) in [4.78, 5) is 30.0. The molecule has 0 aromatic carbocycles. The summed E-state index contributed by atoms with van der Waals surface area (Å²) in [6.07, 6.45) is 6.11. The lowest BCUT2D eigenvalue weighted by atomic mass is 9.75. The first-order chi connectivity index (χ1) is 12.1. The van der Waals surface area contributed by atoms with Crippen LogP contribution in [0.4, 0.5) is 0 Å². The molecular formula is C18H25N3O4. The van der Waals surface area contributed by atoms with Crippen molar-refractivity contribution in [3.63, 3.8) is 0 Å². The van der Waals surface area contributed by atoms with Crippen molar-refractivity contribution in [1.82, 2.24) is 15.2 Å². The van der Waals surface area contributed by atoms with Crippen LogP contribution in [0.2, 0.25) is 0 Å². The van der Waals surface area contributed by atoms with E-state index in [1.807, 2.05) is 6.07 Å². The van der Waals surface area contributed by atoms with Crippen molar-refractivity contribution >= 4 is 11.8 Å². The van der Waals surface area contributed by atoms with E-state index in [-0.39, 0.29) is 36.3 Å². The zero-order valence-corrected chi connectivity index (χ0v) is 14.5. The number of pyridine rings is 1. The number of carbonyl (C=O) groups is 2. The van der Waals surface area contributed by atoms with Crippen molar-refractivity contribution < 1.29 is 19.4 Å². The number of aliphatic hydroxyl groups excluding tert-OH is 1. The third-order valence-corrected chi connectivity index (χ3v) is 5.05. The third kappa shape index (κ3) is 4.28. The molecule has 0 unspecified atom stereocenters. The smallest absolute Gasteiger partial charge is 0.222 e. The van der Waals surface area contributed by atoms with Crippen LogP contribution in [0.3, 0.4) is 0 Å². The minimum absolute atomic E-state index is 0.0890. The van der Waals surface area contributed by atoms with Gasteiger partial charge in [-0.3, -0.25) is 14.6 Å². The number of methoxy groups -OCH3 is 1. The van der Waals surface area contributed by atoms with E-state index < -0.39 is 0 Å². The number of carbonyl (C=O) groups excluding carboxylic acids is 2. The fourth-order valence-corrected chi connectivity index (χ4v) is 3.52. The van der Waals surface area contributed by atoms with Crippen LogP contribution in [0.1, 0.15) is 43.7 Å². The van der Waals surface area contributed by atoms with Crippen LogP contribution in [0.15, 0.2) is 18.5 Å². The zero-order valence-electron chi connectivity index (χ0n) is 14.5. The van der Waals surface area contributed by atoms with Crippen LogP contribution in [0.25, 0.3) is 0 Å². The molecule has 1 atom stereocenters. The van der Waals surface area contributed by atoms with Crippen molar-refractivity contribution in [2.45, 2.75) is 44.2 Å². The van der Waals surface area contributed by atoms with Gasteiger partial charge in [0.2, 0.25) is 11.8 Å². The lowest BCUT2D eigenvalue weighted by Crippen LogP contribution is -2.42. The van der Waals surface area contributed by atoms with Gasteiger partial charge in [-0.2, -0.15) is 0 Å². The highest BCUT2D eigenvalue weighted by Gasteiger charge is 2.36. The Balaban J connectivity index is 1.63. The van der Waals surface area contributed by atoms with Gasteiger partial charge < -0.3 is 20.1 Å². The Morgan fingerprint density at radius 2 is 2.28 bits per heavy atom. The van der Waals surface area contributed by atoms with E-state index in [1.165, 1.54) is 0 Å². The predicted molar refractivity (Wildman–Crippen MR) is 90.8 cm³/mol. The molecule has 25 heavy (non-hydrogen) atoms. The number of hydrogen-bond donors (Lipinski definition) is 2. The van der Waals surface area contributed by atoms with Gasteiger partial charge in [-0.1, -0.05) is 0 Å². The first kappa shape index (κ1) is 17.7. The first-order valence-electron chi connectivity index (χ1n) is 8.81. The Bertz CT molecular complexity index is 631. The lowest BCUT2D eigenvalue weighted by Gasteiger charge is -2.38. The zero-order chi connectivity index (χ0) is 17.8. The van der Waals surface area contributed by atoms with Crippen molar-refractivity contribution in [2.75, 3.05) is 20.2 Å². The van der Waals surface area contributed by atoms with Crippen molar-refractivity contribution in [2.24, 2.45) is 5.92 Å². The van der Waals surface area contributed by atoms with Gasteiger partial charge >= 0.3 is 0 Å². The van der Waals surface area contributed by atoms with E-state index in [1.54, 1.807) is 24.4 Å². The molecule has 1 saturated heterocycles. The van der Waals surface area contributed by atoms with E-state index in [0.717, 1.165) is 18.5 Å². The number of ether oxygens (including phenoxy) is 1. The summed E-state index contributed by atoms with van der Waals surface area (Å²) in [5.74, 6) is 0.859. The average molecular weight is 347 g/mol. The maximum absolute atomic E-state index is 12.4. The fraction of sp³-hybridized carbons (Fsp3) is 0.611. The molecule has 7 heteroatoms. The highest BCUT2D eigenvalue weighted by atomic mass is 16.5. The number of likely N-dealkylation sites (tertiary alicyclic amines) is 1. The molecule has 2 heterocycles. The Morgan fingerprint density at radius 1 is 1.48 bits per heavy atom. The van der Waals surface area contributed by atoms with E-state index >= 15 is 0 Å². The molecule has 136 valence electrons. The summed E-state index contributed by atoms with van der Waals surface area (Å²) in [6.45, 7) is 1.20. The van der Waals surface area contributed by atoms with E-state index in [0.29, 0.717) is 31.6 Å². The summed E-state index contributed by atoms with van der Waals surface area (Å²) < 4.78 is 5.22. The van der Waals surface area contributed by atoms with Crippen LogP contribution in [0.5, 0.6) is 5.75 Å². The summed E-state index contributed by atoms with van der Waals surface area (Å²) in [5.41, 5.74) is 0.877. The maximum Gasteiger partial charge on any atom is 0.222 e. The quantitative estimate of drug-likeness (QED) is 0.769. The molecule has 1 aromatic heterocycles. The van der Waals surface area contributed by atoms with Crippen LogP contribution in [-0.2, 0) is 9.59 Å². The van der Waals surface area contributed by atoms with Crippen molar-refractivity contribution in [3.05, 3.63) is 24.0 Å². The first-order valence-corrected chi connectivity index (χ1v) is 8.81. The number of aromatic nitrogens is 1. The number of rotatable bonds is 7. The van der Waals surface area contributed by atoms with Gasteiger partial charge in [0, 0.05) is 32.1 Å². The molecule has 0 spiro atoms. The molecule has 1 aromatic rings. The third-order valence-electron chi connectivity index (χ3n) is 5.05. The van der Waals surface area contributed by atoms with Crippen molar-refractivity contribution in [1.29, 1.82) is 0 Å². The summed E-state index contributed by atoms with van der Waals surface area (Å²) >= 11 is 0. The molecule has 0 radical (unpaired) electrons. The van der Waals surface area contributed by atoms with E-state index in [9.17, 15) is 14.7 Å². The van der Waals surface area contributed by atoms with Gasteiger partial charge in [-0.15, -0.1) is 0 Å². The lowest BCUT2D eigenvalue weighted by molar-refractivity contribution is -0.128. The Kier molecular flexibility index (Phi) is 5.53. The minimum atomic E-state index is -0.301. The van der Waals surface area contributed by atoms with Crippen LogP contribution < -0.4 is 10.1 Å². The number of amides is 2. The summed E-state index contributed by atoms with van der Waals surface area (Å²) in [5, 5.41) is 12.7. The van der Waals surface area contributed by atoms with Gasteiger partial charge in [0.1, 0.15) is 5.75 Å². The van der Waals surface area contributed by atoms with Crippen LogP contribution in [-0.4, -0.2) is 53.1 Å². The molecule has 3 rings (SSSR count). The minimum Gasteiger partial charge on any atom is -0.495 e. The average Bonchev–Trinajstić information content (AvgIpc) is 3.00. The monoisotopic (exact) mass is 347 g/mol. The number of nitrogens with zero attached hydrogens (tertiary/aromatic N) is 2. The van der Waals surface area contributed by atoms with Crippen LogP contribution >= 0.6 is 0 Å². The largest absolute Gasteiger partial charge is 0.495 e. The summed E-state index contributed by atoms with van der Waals surface area (Å²) in [7, 11) is 1.58. The van der Waals surface area contributed by atoms with E-state index in [2.05, 4.69) is 10.3 Å². The predicted octanol–water partition coefficient (Wildman–Crippen LogP) is 1.03. The molecule has 1 aliphatic heterocycles. The molecule has 7 nitrogen and oxygen atoms in total. The second-order valence-corrected chi connectivity index (χ2v) is 6.82. The number of nitrogens with one attached hydrogen (secondary N) is 1. The Labute approximate surface area is 147 Å². The highest BCUT2D eigenvalue weighted by molar-refractivity contribution is 5.80. The Hall–Kier alpha value is -2.15. The summed E-state index contributed by atoms with van der Waals surface area (Å²) in [6, 6.07) is 1.67. The standard InChI is InChI=1S/C18H25N3O4/c1-25-15-9-13(10-19-11-15)18(12-7-14(22)8-12)20-16(23)4-6-21-5-2-3-17(21)24/h9-12,14,18,22H,2-8H2,1H3,(H,20,23)/t12?,14?,18-/m0/s1. The van der Waals surface area contributed by atoms with Gasteiger partial charge in [0.05, 0.1) is 25.5 Å². The second-order valence-electron chi connectivity index (χ2n) is 6.82. The Morgan fingerprint density at radius 3 is 2.92 bits per heavy atom. The van der Waals surface area contributed by atoms with Gasteiger partial charge in [-0.05, 0) is 36.8 Å². The molecular weight excluding hydrogens is 322 g/mol. The molecule has 1 saturated carbocycles. The van der Waals surface area contributed by atoms with E-state index in [4.69, 9.17) is 4.74 Å². The number of aliphatic hydroxyl groups is 1.